The summed E-state index contributed by atoms with van der Waals surface area (Å²) in [6.07, 6.45) is 0.405. The Bertz CT molecular complexity index is 69.3. The van der Waals surface area contributed by atoms with Crippen molar-refractivity contribution in [2.24, 2.45) is 0 Å². The third-order valence-electron chi connectivity index (χ3n) is 0.928. The molecular formula is C8H18O2. The van der Waals surface area contributed by atoms with Gasteiger partial charge >= 0.3 is 0 Å². The fourth-order valence-electron chi connectivity index (χ4n) is 0.799. The molecule has 10 heavy (non-hydrogen) atoms. The average Bonchev–Trinajstić information content (AvgIpc) is 1.58. The Kier molecular flexibility index (Phi) is 4.65. The Labute approximate surface area is 63.5 Å². The van der Waals surface area contributed by atoms with E-state index in [1.807, 2.05) is 34.6 Å². The fraction of sp³-hybridized carbons (Fsp3) is 1.00. The number of rotatable bonds is 4. The molecule has 0 aliphatic rings. The van der Waals surface area contributed by atoms with Crippen LogP contribution in [0.5, 0.6) is 0 Å². The highest BCUT2D eigenvalue weighted by Crippen LogP contribution is 2.01. The molecule has 0 spiro atoms. The van der Waals surface area contributed by atoms with Crippen molar-refractivity contribution < 1.29 is 9.47 Å². The standard InChI is InChI=1S/C8H18O2/c1-6(2)9-8(5)10-7(3)4/h6-8H,1-5H3. The first-order chi connectivity index (χ1) is 4.52. The van der Waals surface area contributed by atoms with Crippen molar-refractivity contribution in [2.75, 3.05) is 0 Å². The second kappa shape index (κ2) is 4.69. The highest BCUT2D eigenvalue weighted by Gasteiger charge is 2.05. The van der Waals surface area contributed by atoms with Gasteiger partial charge in [0.25, 0.3) is 0 Å². The lowest BCUT2D eigenvalue weighted by Crippen LogP contribution is -2.21. The largest absolute Gasteiger partial charge is 0.350 e. The Balaban J connectivity index is 3.34. The van der Waals surface area contributed by atoms with E-state index in [0.29, 0.717) is 0 Å². The maximum Gasteiger partial charge on any atom is 0.155 e. The van der Waals surface area contributed by atoms with Gasteiger partial charge in [0.15, 0.2) is 6.29 Å². The maximum atomic E-state index is 5.34. The minimum atomic E-state index is -0.0833. The maximum absolute atomic E-state index is 5.34. The summed E-state index contributed by atoms with van der Waals surface area (Å²) in [5, 5.41) is 0. The van der Waals surface area contributed by atoms with Crippen LogP contribution in [0.4, 0.5) is 0 Å². The van der Waals surface area contributed by atoms with Gasteiger partial charge in [0.1, 0.15) is 0 Å². The molecule has 0 fully saturated rings. The Morgan fingerprint density at radius 2 is 1.00 bits per heavy atom. The summed E-state index contributed by atoms with van der Waals surface area (Å²) >= 11 is 0. The van der Waals surface area contributed by atoms with Gasteiger partial charge in [-0.15, -0.1) is 0 Å². The molecule has 0 heterocycles. The van der Waals surface area contributed by atoms with Gasteiger partial charge in [-0.2, -0.15) is 0 Å². The summed E-state index contributed by atoms with van der Waals surface area (Å²) < 4.78 is 10.7. The normalized spacial score (nSPS) is 12.0. The van der Waals surface area contributed by atoms with Gasteiger partial charge in [-0.05, 0) is 34.6 Å². The lowest BCUT2D eigenvalue weighted by molar-refractivity contribution is -0.169. The molecule has 0 saturated heterocycles. The first-order valence-corrected chi connectivity index (χ1v) is 3.83. The SMILES string of the molecule is CC(C)OC(C)OC(C)C. The molecule has 0 rings (SSSR count). The topological polar surface area (TPSA) is 18.5 Å². The lowest BCUT2D eigenvalue weighted by Gasteiger charge is -2.18. The van der Waals surface area contributed by atoms with Crippen molar-refractivity contribution in [3.63, 3.8) is 0 Å². The zero-order valence-electron chi connectivity index (χ0n) is 7.55. The van der Waals surface area contributed by atoms with Crippen molar-refractivity contribution in [3.05, 3.63) is 0 Å². The second-order valence-corrected chi connectivity index (χ2v) is 2.94. The molecule has 2 nitrogen and oxygen atoms in total. The highest BCUT2D eigenvalue weighted by atomic mass is 16.7. The first-order valence-electron chi connectivity index (χ1n) is 3.83. The summed E-state index contributed by atoms with van der Waals surface area (Å²) in [5.41, 5.74) is 0. The van der Waals surface area contributed by atoms with Gasteiger partial charge in [0.05, 0.1) is 12.2 Å². The molecule has 0 amide bonds. The molecule has 0 bridgehead atoms. The van der Waals surface area contributed by atoms with E-state index in [0.717, 1.165) is 0 Å². The van der Waals surface area contributed by atoms with Gasteiger partial charge < -0.3 is 9.47 Å². The van der Waals surface area contributed by atoms with Gasteiger partial charge in [-0.1, -0.05) is 0 Å². The molecule has 0 aliphatic heterocycles. The van der Waals surface area contributed by atoms with Gasteiger partial charge in [0, 0.05) is 0 Å². The molecule has 0 aromatic carbocycles. The third-order valence-corrected chi connectivity index (χ3v) is 0.928. The van der Waals surface area contributed by atoms with E-state index >= 15 is 0 Å². The molecule has 62 valence electrons. The van der Waals surface area contributed by atoms with Gasteiger partial charge in [-0.3, -0.25) is 0 Å². The molecule has 0 aromatic rings. The molecule has 0 N–H and O–H groups in total. The monoisotopic (exact) mass is 146 g/mol. The van der Waals surface area contributed by atoms with Crippen molar-refractivity contribution in [3.8, 4) is 0 Å². The molecule has 0 saturated carbocycles. The van der Waals surface area contributed by atoms with E-state index in [-0.39, 0.29) is 18.5 Å². The first kappa shape index (κ1) is 9.92. The van der Waals surface area contributed by atoms with Crippen LogP contribution in [0.1, 0.15) is 34.6 Å². The number of hydrogen-bond donors (Lipinski definition) is 0. The Morgan fingerprint density at radius 1 is 0.700 bits per heavy atom. The predicted molar refractivity (Wildman–Crippen MR) is 41.9 cm³/mol. The average molecular weight is 146 g/mol. The van der Waals surface area contributed by atoms with Crippen LogP contribution in [0.15, 0.2) is 0 Å². The third kappa shape index (κ3) is 6.05. The lowest BCUT2D eigenvalue weighted by atomic mass is 10.4. The van der Waals surface area contributed by atoms with E-state index in [1.54, 1.807) is 0 Å². The van der Waals surface area contributed by atoms with E-state index in [4.69, 9.17) is 9.47 Å². The molecule has 0 atom stereocenters. The van der Waals surface area contributed by atoms with Crippen molar-refractivity contribution in [2.45, 2.75) is 53.1 Å². The quantitative estimate of drug-likeness (QED) is 0.566. The Hall–Kier alpha value is -0.0800. The van der Waals surface area contributed by atoms with Crippen molar-refractivity contribution in [1.29, 1.82) is 0 Å². The van der Waals surface area contributed by atoms with E-state index in [9.17, 15) is 0 Å². The Morgan fingerprint density at radius 3 is 1.20 bits per heavy atom. The van der Waals surface area contributed by atoms with Crippen molar-refractivity contribution in [1.82, 2.24) is 0 Å². The van der Waals surface area contributed by atoms with E-state index in [1.165, 1.54) is 0 Å². The molecule has 0 aliphatic carbocycles. The second-order valence-electron chi connectivity index (χ2n) is 2.94. The molecular weight excluding hydrogens is 128 g/mol. The summed E-state index contributed by atoms with van der Waals surface area (Å²) in [7, 11) is 0. The van der Waals surface area contributed by atoms with Gasteiger partial charge in [0.2, 0.25) is 0 Å². The van der Waals surface area contributed by atoms with Crippen LogP contribution in [-0.4, -0.2) is 18.5 Å². The van der Waals surface area contributed by atoms with Crippen LogP contribution >= 0.6 is 0 Å². The molecule has 2 heteroatoms. The van der Waals surface area contributed by atoms with Crippen LogP contribution in [-0.2, 0) is 9.47 Å². The smallest absolute Gasteiger partial charge is 0.155 e. The zero-order valence-corrected chi connectivity index (χ0v) is 7.55. The number of hydrogen-bond acceptors (Lipinski definition) is 2. The van der Waals surface area contributed by atoms with Crippen molar-refractivity contribution >= 4 is 0 Å². The number of ether oxygens (including phenoxy) is 2. The van der Waals surface area contributed by atoms with Crippen LogP contribution in [0.25, 0.3) is 0 Å². The van der Waals surface area contributed by atoms with Crippen LogP contribution < -0.4 is 0 Å². The summed E-state index contributed by atoms with van der Waals surface area (Å²) in [4.78, 5) is 0. The molecule has 0 unspecified atom stereocenters. The van der Waals surface area contributed by atoms with Crippen LogP contribution in [0.2, 0.25) is 0 Å². The van der Waals surface area contributed by atoms with Crippen LogP contribution in [0, 0.1) is 0 Å². The summed E-state index contributed by atoms with van der Waals surface area (Å²) in [6.45, 7) is 9.92. The molecule has 0 radical (unpaired) electrons. The zero-order chi connectivity index (χ0) is 8.15. The van der Waals surface area contributed by atoms with E-state index < -0.39 is 0 Å². The predicted octanol–water partition coefficient (Wildman–Crippen LogP) is 2.18. The summed E-state index contributed by atoms with van der Waals surface area (Å²) in [6, 6.07) is 0. The van der Waals surface area contributed by atoms with Gasteiger partial charge in [-0.25, -0.2) is 0 Å². The highest BCUT2D eigenvalue weighted by molar-refractivity contribution is 4.42. The van der Waals surface area contributed by atoms with Crippen LogP contribution in [0.3, 0.4) is 0 Å². The molecule has 0 aromatic heterocycles. The summed E-state index contributed by atoms with van der Waals surface area (Å²) in [5.74, 6) is 0. The fourth-order valence-corrected chi connectivity index (χ4v) is 0.799. The minimum absolute atomic E-state index is 0.0833. The van der Waals surface area contributed by atoms with E-state index in [2.05, 4.69) is 0 Å². The minimum Gasteiger partial charge on any atom is -0.350 e.